The van der Waals surface area contributed by atoms with E-state index in [0.717, 1.165) is 12.8 Å². The van der Waals surface area contributed by atoms with E-state index in [1.807, 2.05) is 0 Å². The second-order valence-electron chi connectivity index (χ2n) is 2.75. The largest absolute Gasteiger partial charge is 0.118 e. The molecule has 0 unspecified atom stereocenters. The first kappa shape index (κ1) is 8.42. The molecule has 0 N–H and O–H groups in total. The van der Waals surface area contributed by atoms with Gasteiger partial charge in [-0.15, -0.1) is 11.6 Å². The molecule has 1 aliphatic rings. The van der Waals surface area contributed by atoms with Crippen molar-refractivity contribution in [2.45, 2.75) is 37.5 Å². The molecule has 0 aromatic rings. The van der Waals surface area contributed by atoms with Crippen molar-refractivity contribution in [2.75, 3.05) is 0 Å². The van der Waals surface area contributed by atoms with Crippen LogP contribution < -0.4 is 0 Å². The molecule has 0 aromatic heterocycles. The van der Waals surface area contributed by atoms with Crippen LogP contribution in [-0.2, 0) is 0 Å². The maximum Gasteiger partial charge on any atom is 0.0556 e. The Labute approximate surface area is 72.2 Å². The van der Waals surface area contributed by atoms with Gasteiger partial charge in [-0.3, -0.25) is 0 Å². The predicted octanol–water partition coefficient (Wildman–Crippen LogP) is 3.68. The Morgan fingerprint density at radius 1 is 1.30 bits per heavy atom. The molecule has 1 aliphatic carbocycles. The highest BCUT2D eigenvalue weighted by Gasteiger charge is 2.13. The molecule has 1 rings (SSSR count). The number of allylic oxidation sites excluding steroid dienone is 1. The Balaban J connectivity index is 2.52. The molecule has 10 heavy (non-hydrogen) atoms. The van der Waals surface area contributed by atoms with Gasteiger partial charge in [0.25, 0.3) is 0 Å². The molecule has 0 aromatic carbocycles. The van der Waals surface area contributed by atoms with E-state index >= 15 is 0 Å². The van der Waals surface area contributed by atoms with Crippen LogP contribution in [0.2, 0.25) is 0 Å². The average molecular weight is 179 g/mol. The van der Waals surface area contributed by atoms with Gasteiger partial charge in [0.1, 0.15) is 0 Å². The highest BCUT2D eigenvalue weighted by molar-refractivity contribution is 6.28. The fraction of sp³-hybridized carbons (Fsp3) is 0.750. The summed E-state index contributed by atoms with van der Waals surface area (Å²) in [5.74, 6) is 0. The van der Waals surface area contributed by atoms with Crippen molar-refractivity contribution in [1.29, 1.82) is 0 Å². The number of hydrogen-bond donors (Lipinski definition) is 0. The van der Waals surface area contributed by atoms with Crippen LogP contribution in [0.3, 0.4) is 0 Å². The lowest BCUT2D eigenvalue weighted by Gasteiger charge is -2.06. The predicted molar refractivity (Wildman–Crippen MR) is 46.7 cm³/mol. The highest BCUT2D eigenvalue weighted by Crippen LogP contribution is 2.26. The molecule has 2 heteroatoms. The van der Waals surface area contributed by atoms with E-state index in [9.17, 15) is 0 Å². The summed E-state index contributed by atoms with van der Waals surface area (Å²) in [4.78, 5) is 0. The third-order valence-corrected chi connectivity index (χ3v) is 2.74. The summed E-state index contributed by atoms with van der Waals surface area (Å²) in [6.07, 6.45) is 6.00. The summed E-state index contributed by atoms with van der Waals surface area (Å²) in [6.45, 7) is 0. The van der Waals surface area contributed by atoms with Gasteiger partial charge in [-0.05, 0) is 24.8 Å². The lowest BCUT2D eigenvalue weighted by molar-refractivity contribution is 0.704. The van der Waals surface area contributed by atoms with E-state index in [4.69, 9.17) is 23.2 Å². The maximum absolute atomic E-state index is 6.03. The normalized spacial score (nSPS) is 32.2. The molecule has 0 aliphatic heterocycles. The van der Waals surface area contributed by atoms with Crippen molar-refractivity contribution < 1.29 is 0 Å². The van der Waals surface area contributed by atoms with Gasteiger partial charge in [-0.2, -0.15) is 0 Å². The minimum atomic E-state index is 0.208. The molecule has 1 saturated carbocycles. The number of alkyl halides is 1. The first-order valence-electron chi connectivity index (χ1n) is 3.78. The molecule has 0 amide bonds. The Bertz CT molecular complexity index is 129. The van der Waals surface area contributed by atoms with Gasteiger partial charge in [0.15, 0.2) is 0 Å². The van der Waals surface area contributed by atoms with E-state index in [1.165, 1.54) is 24.8 Å². The van der Waals surface area contributed by atoms with Crippen LogP contribution in [0, 0.1) is 0 Å². The van der Waals surface area contributed by atoms with E-state index in [2.05, 4.69) is 0 Å². The standard InChI is InChI=1S/C8H12Cl2/c9-6-7-4-2-1-3-5-8(7)10/h6,8H,1-5H2/b7-6+/t8-/m0/s1. The van der Waals surface area contributed by atoms with Crippen molar-refractivity contribution in [1.82, 2.24) is 0 Å². The van der Waals surface area contributed by atoms with Crippen molar-refractivity contribution in [3.8, 4) is 0 Å². The summed E-state index contributed by atoms with van der Waals surface area (Å²) in [5, 5.41) is 0.208. The molecule has 1 fully saturated rings. The van der Waals surface area contributed by atoms with E-state index in [0.29, 0.717) is 0 Å². The highest BCUT2D eigenvalue weighted by atomic mass is 35.5. The van der Waals surface area contributed by atoms with Crippen molar-refractivity contribution in [2.24, 2.45) is 0 Å². The van der Waals surface area contributed by atoms with Crippen LogP contribution in [0.5, 0.6) is 0 Å². The second-order valence-corrected chi connectivity index (χ2v) is 3.50. The summed E-state index contributed by atoms with van der Waals surface area (Å²) in [7, 11) is 0. The Morgan fingerprint density at radius 3 is 2.80 bits per heavy atom. The van der Waals surface area contributed by atoms with Crippen LogP contribution >= 0.6 is 23.2 Å². The summed E-state index contributed by atoms with van der Waals surface area (Å²) in [5.41, 5.74) is 2.88. The van der Waals surface area contributed by atoms with Gasteiger partial charge in [0.05, 0.1) is 5.38 Å². The van der Waals surface area contributed by atoms with Crippen LogP contribution in [-0.4, -0.2) is 5.38 Å². The van der Waals surface area contributed by atoms with Crippen molar-refractivity contribution >= 4 is 23.2 Å². The maximum atomic E-state index is 6.03. The first-order chi connectivity index (χ1) is 4.84. The first-order valence-corrected chi connectivity index (χ1v) is 4.65. The van der Waals surface area contributed by atoms with Crippen LogP contribution in [0.4, 0.5) is 0 Å². The Hall–Kier alpha value is 0.320. The molecule has 0 spiro atoms. The lowest BCUT2D eigenvalue weighted by atomic mass is 10.1. The molecule has 1 atom stereocenters. The van der Waals surface area contributed by atoms with Gasteiger partial charge < -0.3 is 0 Å². The summed E-state index contributed by atoms with van der Waals surface area (Å²) in [6, 6.07) is 0. The third-order valence-electron chi connectivity index (χ3n) is 1.97. The number of rotatable bonds is 0. The zero-order valence-electron chi connectivity index (χ0n) is 5.95. The fourth-order valence-electron chi connectivity index (χ4n) is 1.29. The topological polar surface area (TPSA) is 0 Å². The van der Waals surface area contributed by atoms with Crippen molar-refractivity contribution in [3.05, 3.63) is 11.1 Å². The van der Waals surface area contributed by atoms with Gasteiger partial charge in [0.2, 0.25) is 0 Å². The SMILES string of the molecule is Cl/C=C1\CCCCC[C@@H]1Cl. The molecule has 0 nitrogen and oxygen atoms in total. The van der Waals surface area contributed by atoms with Crippen molar-refractivity contribution in [3.63, 3.8) is 0 Å². The van der Waals surface area contributed by atoms with Gasteiger partial charge in [0, 0.05) is 5.54 Å². The summed E-state index contributed by atoms with van der Waals surface area (Å²) < 4.78 is 0. The van der Waals surface area contributed by atoms with E-state index < -0.39 is 0 Å². The lowest BCUT2D eigenvalue weighted by Crippen LogP contribution is -1.98. The fourth-order valence-corrected chi connectivity index (χ4v) is 1.95. The molecule has 0 bridgehead atoms. The number of halogens is 2. The average Bonchev–Trinajstić information content (AvgIpc) is 2.13. The van der Waals surface area contributed by atoms with E-state index in [-0.39, 0.29) is 5.38 Å². The molecular weight excluding hydrogens is 167 g/mol. The van der Waals surface area contributed by atoms with E-state index in [1.54, 1.807) is 5.54 Å². The second kappa shape index (κ2) is 4.25. The minimum absolute atomic E-state index is 0.208. The van der Waals surface area contributed by atoms with Crippen LogP contribution in [0.15, 0.2) is 11.1 Å². The Kier molecular flexibility index (Phi) is 3.58. The quantitative estimate of drug-likeness (QED) is 0.393. The van der Waals surface area contributed by atoms with Crippen LogP contribution in [0.25, 0.3) is 0 Å². The third kappa shape index (κ3) is 2.17. The molecule has 0 saturated heterocycles. The molecule has 58 valence electrons. The summed E-state index contributed by atoms with van der Waals surface area (Å²) >= 11 is 11.6. The molecule has 0 heterocycles. The number of hydrogen-bond acceptors (Lipinski definition) is 0. The van der Waals surface area contributed by atoms with Gasteiger partial charge >= 0.3 is 0 Å². The smallest absolute Gasteiger partial charge is 0.0556 e. The monoisotopic (exact) mass is 178 g/mol. The minimum Gasteiger partial charge on any atom is -0.118 e. The van der Waals surface area contributed by atoms with Crippen LogP contribution in [0.1, 0.15) is 32.1 Å². The zero-order chi connectivity index (χ0) is 7.40. The molecule has 0 radical (unpaired) electrons. The van der Waals surface area contributed by atoms with Gasteiger partial charge in [-0.1, -0.05) is 24.4 Å². The zero-order valence-corrected chi connectivity index (χ0v) is 7.46. The van der Waals surface area contributed by atoms with Gasteiger partial charge in [-0.25, -0.2) is 0 Å². The Morgan fingerprint density at radius 2 is 2.10 bits per heavy atom. The molecular formula is C8H12Cl2.